The predicted octanol–water partition coefficient (Wildman–Crippen LogP) is 1.51. The lowest BCUT2D eigenvalue weighted by Gasteiger charge is -2.31. The molecule has 0 bridgehead atoms. The number of methoxy groups -OCH3 is 1. The molecule has 0 saturated carbocycles. The Bertz CT molecular complexity index is 691. The minimum Gasteiger partial charge on any atom is -0.447 e. The number of carbonyl (C=O) groups is 1. The van der Waals surface area contributed by atoms with Gasteiger partial charge in [-0.05, 0) is 25.8 Å². The third-order valence-electron chi connectivity index (χ3n) is 4.67. The van der Waals surface area contributed by atoms with Gasteiger partial charge < -0.3 is 18.9 Å². The highest BCUT2D eigenvalue weighted by Gasteiger charge is 2.28. The molecule has 0 unspecified atom stereocenters. The summed E-state index contributed by atoms with van der Waals surface area (Å²) in [7, 11) is 1.59. The first-order valence-corrected chi connectivity index (χ1v) is 9.03. The maximum Gasteiger partial charge on any atom is 0.409 e. The SMILES string of the molecule is CCn1c(Cn2cccn2)nnc1C1CCN(C(=O)OCCOC)CC1. The van der Waals surface area contributed by atoms with Crippen LogP contribution < -0.4 is 0 Å². The molecule has 9 nitrogen and oxygen atoms in total. The van der Waals surface area contributed by atoms with Gasteiger partial charge in [0.2, 0.25) is 0 Å². The van der Waals surface area contributed by atoms with Crippen molar-refractivity contribution < 1.29 is 14.3 Å². The second kappa shape index (κ2) is 8.79. The molecule has 0 spiro atoms. The molecule has 3 rings (SSSR count). The number of nitrogens with zero attached hydrogens (tertiary/aromatic N) is 6. The average molecular weight is 362 g/mol. The molecule has 9 heteroatoms. The monoisotopic (exact) mass is 362 g/mol. The molecule has 0 aromatic carbocycles. The van der Waals surface area contributed by atoms with Crippen LogP contribution in [-0.2, 0) is 22.6 Å². The molecule has 0 radical (unpaired) electrons. The number of aromatic nitrogens is 5. The van der Waals surface area contributed by atoms with E-state index >= 15 is 0 Å². The van der Waals surface area contributed by atoms with Gasteiger partial charge in [0.1, 0.15) is 19.0 Å². The Morgan fingerprint density at radius 2 is 2.08 bits per heavy atom. The molecule has 3 heterocycles. The van der Waals surface area contributed by atoms with Crippen molar-refractivity contribution in [1.29, 1.82) is 0 Å². The van der Waals surface area contributed by atoms with E-state index in [0.29, 0.717) is 32.2 Å². The summed E-state index contributed by atoms with van der Waals surface area (Å²) in [6.45, 7) is 5.57. The number of hydrogen-bond donors (Lipinski definition) is 0. The van der Waals surface area contributed by atoms with Crippen molar-refractivity contribution in [2.24, 2.45) is 0 Å². The second-order valence-corrected chi connectivity index (χ2v) is 6.29. The minimum atomic E-state index is -0.267. The summed E-state index contributed by atoms with van der Waals surface area (Å²) in [5.41, 5.74) is 0. The molecule has 1 saturated heterocycles. The van der Waals surface area contributed by atoms with Gasteiger partial charge in [-0.25, -0.2) is 4.79 Å². The summed E-state index contributed by atoms with van der Waals surface area (Å²) in [5, 5.41) is 13.1. The molecule has 2 aromatic heterocycles. The van der Waals surface area contributed by atoms with Crippen LogP contribution in [0.15, 0.2) is 18.5 Å². The fraction of sp³-hybridized carbons (Fsp3) is 0.647. The third-order valence-corrected chi connectivity index (χ3v) is 4.67. The van der Waals surface area contributed by atoms with Crippen molar-refractivity contribution in [2.75, 3.05) is 33.4 Å². The molecule has 1 aliphatic rings. The Labute approximate surface area is 152 Å². The van der Waals surface area contributed by atoms with E-state index in [0.717, 1.165) is 31.0 Å². The Kier molecular flexibility index (Phi) is 6.21. The smallest absolute Gasteiger partial charge is 0.409 e. The van der Waals surface area contributed by atoms with E-state index in [-0.39, 0.29) is 12.7 Å². The summed E-state index contributed by atoms with van der Waals surface area (Å²) in [6.07, 6.45) is 5.13. The van der Waals surface area contributed by atoms with Gasteiger partial charge in [0.15, 0.2) is 5.82 Å². The molecule has 0 atom stereocenters. The molecule has 26 heavy (non-hydrogen) atoms. The summed E-state index contributed by atoms with van der Waals surface area (Å²) >= 11 is 0. The maximum atomic E-state index is 12.0. The summed E-state index contributed by atoms with van der Waals surface area (Å²) in [4.78, 5) is 13.8. The number of hydrogen-bond acceptors (Lipinski definition) is 6. The zero-order valence-electron chi connectivity index (χ0n) is 15.4. The molecular formula is C17H26N6O3. The predicted molar refractivity (Wildman–Crippen MR) is 93.8 cm³/mol. The average Bonchev–Trinajstić information content (AvgIpc) is 3.32. The van der Waals surface area contributed by atoms with Gasteiger partial charge in [0.25, 0.3) is 0 Å². The molecule has 1 fully saturated rings. The van der Waals surface area contributed by atoms with E-state index in [1.807, 2.05) is 16.9 Å². The van der Waals surface area contributed by atoms with Gasteiger partial charge in [0.05, 0.1) is 6.61 Å². The Hall–Kier alpha value is -2.42. The van der Waals surface area contributed by atoms with Gasteiger partial charge in [-0.15, -0.1) is 10.2 Å². The molecule has 2 aromatic rings. The lowest BCUT2D eigenvalue weighted by atomic mass is 9.96. The van der Waals surface area contributed by atoms with Gasteiger partial charge in [-0.2, -0.15) is 5.10 Å². The van der Waals surface area contributed by atoms with Crippen molar-refractivity contribution in [3.05, 3.63) is 30.1 Å². The van der Waals surface area contributed by atoms with Crippen molar-refractivity contribution in [3.8, 4) is 0 Å². The van der Waals surface area contributed by atoms with Crippen molar-refractivity contribution in [2.45, 2.75) is 38.8 Å². The fourth-order valence-corrected chi connectivity index (χ4v) is 3.28. The van der Waals surface area contributed by atoms with Crippen LogP contribution in [0.3, 0.4) is 0 Å². The highest BCUT2D eigenvalue weighted by atomic mass is 16.6. The molecule has 1 amide bonds. The number of likely N-dealkylation sites (tertiary alicyclic amines) is 1. The normalized spacial score (nSPS) is 15.4. The van der Waals surface area contributed by atoms with E-state index in [2.05, 4.69) is 26.8 Å². The summed E-state index contributed by atoms with van der Waals surface area (Å²) < 4.78 is 14.1. The van der Waals surface area contributed by atoms with E-state index < -0.39 is 0 Å². The van der Waals surface area contributed by atoms with Gasteiger partial charge in [-0.1, -0.05) is 0 Å². The van der Waals surface area contributed by atoms with Crippen molar-refractivity contribution in [3.63, 3.8) is 0 Å². The lowest BCUT2D eigenvalue weighted by molar-refractivity contribution is 0.0655. The van der Waals surface area contributed by atoms with Crippen molar-refractivity contribution >= 4 is 6.09 Å². The third kappa shape index (κ3) is 4.21. The van der Waals surface area contributed by atoms with Crippen LogP contribution in [0.4, 0.5) is 4.79 Å². The van der Waals surface area contributed by atoms with E-state index in [1.54, 1.807) is 18.2 Å². The highest BCUT2D eigenvalue weighted by molar-refractivity contribution is 5.67. The standard InChI is InChI=1S/C17H26N6O3/c1-3-23-15(13-22-8-4-7-18-22)19-20-16(23)14-5-9-21(10-6-14)17(24)26-12-11-25-2/h4,7-8,14H,3,5-6,9-13H2,1-2H3. The van der Waals surface area contributed by atoms with Crippen LogP contribution in [-0.4, -0.2) is 69.0 Å². The molecule has 1 aliphatic heterocycles. The number of piperidine rings is 1. The maximum absolute atomic E-state index is 12.0. The largest absolute Gasteiger partial charge is 0.447 e. The quantitative estimate of drug-likeness (QED) is 0.694. The first-order valence-electron chi connectivity index (χ1n) is 9.03. The number of ether oxygens (including phenoxy) is 2. The van der Waals surface area contributed by atoms with Crippen LogP contribution in [0.1, 0.15) is 37.3 Å². The van der Waals surface area contributed by atoms with Gasteiger partial charge in [-0.3, -0.25) is 4.68 Å². The topological polar surface area (TPSA) is 87.3 Å². The Morgan fingerprint density at radius 3 is 2.73 bits per heavy atom. The van der Waals surface area contributed by atoms with E-state index in [1.165, 1.54) is 0 Å². The molecule has 0 N–H and O–H groups in total. The zero-order valence-corrected chi connectivity index (χ0v) is 15.4. The number of rotatable bonds is 7. The molecule has 0 aliphatic carbocycles. The van der Waals surface area contributed by atoms with Crippen molar-refractivity contribution in [1.82, 2.24) is 29.4 Å². The molecular weight excluding hydrogens is 336 g/mol. The van der Waals surface area contributed by atoms with Crippen LogP contribution in [0, 0.1) is 0 Å². The van der Waals surface area contributed by atoms with Crippen LogP contribution in [0.25, 0.3) is 0 Å². The zero-order chi connectivity index (χ0) is 18.4. The Morgan fingerprint density at radius 1 is 1.27 bits per heavy atom. The van der Waals surface area contributed by atoms with E-state index in [4.69, 9.17) is 9.47 Å². The Balaban J connectivity index is 1.59. The van der Waals surface area contributed by atoms with Gasteiger partial charge >= 0.3 is 6.09 Å². The first-order chi connectivity index (χ1) is 12.7. The fourth-order valence-electron chi connectivity index (χ4n) is 3.28. The van der Waals surface area contributed by atoms with Crippen LogP contribution >= 0.6 is 0 Å². The van der Waals surface area contributed by atoms with Crippen LogP contribution in [0.2, 0.25) is 0 Å². The number of amides is 1. The van der Waals surface area contributed by atoms with Gasteiger partial charge in [0, 0.05) is 45.1 Å². The second-order valence-electron chi connectivity index (χ2n) is 6.29. The highest BCUT2D eigenvalue weighted by Crippen LogP contribution is 2.27. The number of carbonyl (C=O) groups excluding carboxylic acids is 1. The van der Waals surface area contributed by atoms with Crippen LogP contribution in [0.5, 0.6) is 0 Å². The first kappa shape index (κ1) is 18.4. The summed E-state index contributed by atoms with van der Waals surface area (Å²) in [5.74, 6) is 2.21. The summed E-state index contributed by atoms with van der Waals surface area (Å²) in [6, 6.07) is 1.90. The minimum absolute atomic E-state index is 0.267. The lowest BCUT2D eigenvalue weighted by Crippen LogP contribution is -2.39. The van der Waals surface area contributed by atoms with E-state index in [9.17, 15) is 4.79 Å². The molecule has 142 valence electrons.